The number of ether oxygens (including phenoxy) is 1. The lowest BCUT2D eigenvalue weighted by Gasteiger charge is -2.21. The Labute approximate surface area is 171 Å². The molecule has 152 valence electrons. The van der Waals surface area contributed by atoms with Crippen LogP contribution in [-0.2, 0) is 11.8 Å². The van der Waals surface area contributed by atoms with Crippen molar-refractivity contribution in [1.29, 1.82) is 0 Å². The van der Waals surface area contributed by atoms with E-state index in [2.05, 4.69) is 5.32 Å². The molecule has 1 heterocycles. The Morgan fingerprint density at radius 1 is 1.10 bits per heavy atom. The average Bonchev–Trinajstić information content (AvgIpc) is 3.07. The highest BCUT2D eigenvalue weighted by Crippen LogP contribution is 2.28. The number of hydrogen-bond acceptors (Lipinski definition) is 3. The van der Waals surface area contributed by atoms with Crippen molar-refractivity contribution < 1.29 is 14.3 Å². The van der Waals surface area contributed by atoms with Crippen LogP contribution in [0, 0.1) is 0 Å². The predicted octanol–water partition coefficient (Wildman–Crippen LogP) is 3.53. The third kappa shape index (κ3) is 4.42. The van der Waals surface area contributed by atoms with Gasteiger partial charge >= 0.3 is 0 Å². The molecule has 1 atom stereocenters. The second-order valence-corrected chi connectivity index (χ2v) is 7.20. The average molecular weight is 393 g/mol. The van der Waals surface area contributed by atoms with E-state index in [0.29, 0.717) is 17.9 Å². The Balaban J connectivity index is 1.82. The molecule has 29 heavy (non-hydrogen) atoms. The summed E-state index contributed by atoms with van der Waals surface area (Å²) in [5, 5.41) is 4.14. The van der Waals surface area contributed by atoms with Gasteiger partial charge in [0.05, 0.1) is 6.04 Å². The summed E-state index contributed by atoms with van der Waals surface area (Å²) in [5.41, 5.74) is 2.47. The summed E-state index contributed by atoms with van der Waals surface area (Å²) in [4.78, 5) is 26.4. The number of hydrogen-bond donors (Lipinski definition) is 1. The number of aromatic nitrogens is 1. The van der Waals surface area contributed by atoms with Gasteiger partial charge in [0.25, 0.3) is 11.8 Å². The van der Waals surface area contributed by atoms with Gasteiger partial charge in [-0.1, -0.05) is 43.3 Å². The zero-order valence-electron chi connectivity index (χ0n) is 17.3. The molecule has 0 radical (unpaired) electrons. The van der Waals surface area contributed by atoms with Gasteiger partial charge < -0.3 is 19.5 Å². The quantitative estimate of drug-likeness (QED) is 0.668. The molecule has 0 unspecified atom stereocenters. The van der Waals surface area contributed by atoms with Crippen LogP contribution in [-0.4, -0.2) is 42.0 Å². The molecule has 0 aliphatic carbocycles. The minimum Gasteiger partial charge on any atom is -0.483 e. The number of aryl methyl sites for hydroxylation is 1. The van der Waals surface area contributed by atoms with Crippen molar-refractivity contribution in [3.05, 3.63) is 65.9 Å². The number of amides is 2. The first-order valence-corrected chi connectivity index (χ1v) is 9.69. The lowest BCUT2D eigenvalue weighted by atomic mass is 10.0. The van der Waals surface area contributed by atoms with Crippen molar-refractivity contribution in [3.8, 4) is 5.75 Å². The van der Waals surface area contributed by atoms with Crippen molar-refractivity contribution in [2.24, 2.45) is 7.05 Å². The fourth-order valence-corrected chi connectivity index (χ4v) is 3.31. The highest BCUT2D eigenvalue weighted by atomic mass is 16.5. The Morgan fingerprint density at radius 3 is 2.48 bits per heavy atom. The molecule has 3 rings (SSSR count). The maximum Gasteiger partial charge on any atom is 0.268 e. The minimum absolute atomic E-state index is 0.0441. The number of rotatable bonds is 7. The largest absolute Gasteiger partial charge is 0.483 e. The lowest BCUT2D eigenvalue weighted by Crippen LogP contribution is -2.30. The van der Waals surface area contributed by atoms with Crippen molar-refractivity contribution in [2.75, 3.05) is 20.7 Å². The van der Waals surface area contributed by atoms with Crippen LogP contribution >= 0.6 is 0 Å². The maximum absolute atomic E-state index is 13.0. The van der Waals surface area contributed by atoms with Crippen molar-refractivity contribution >= 4 is 22.7 Å². The van der Waals surface area contributed by atoms with Crippen LogP contribution in [0.15, 0.2) is 54.6 Å². The van der Waals surface area contributed by atoms with E-state index in [1.807, 2.05) is 73.1 Å². The van der Waals surface area contributed by atoms with Crippen molar-refractivity contribution in [3.63, 3.8) is 0 Å². The van der Waals surface area contributed by atoms with Gasteiger partial charge in [-0.15, -0.1) is 0 Å². The molecule has 1 N–H and O–H groups in total. The van der Waals surface area contributed by atoms with Gasteiger partial charge in [-0.25, -0.2) is 0 Å². The van der Waals surface area contributed by atoms with E-state index in [0.717, 1.165) is 16.5 Å². The van der Waals surface area contributed by atoms with Crippen LogP contribution in [0.5, 0.6) is 5.75 Å². The summed E-state index contributed by atoms with van der Waals surface area (Å²) in [7, 11) is 5.27. The van der Waals surface area contributed by atoms with Crippen LogP contribution in [0.4, 0.5) is 0 Å². The van der Waals surface area contributed by atoms with Gasteiger partial charge in [0.1, 0.15) is 11.4 Å². The number of carbonyl (C=O) groups is 2. The highest BCUT2D eigenvalue weighted by molar-refractivity contribution is 5.98. The van der Waals surface area contributed by atoms with E-state index in [9.17, 15) is 9.59 Å². The number of para-hydroxylation sites is 2. The first kappa shape index (κ1) is 20.5. The number of benzene rings is 2. The molecular weight excluding hydrogens is 366 g/mol. The molecule has 6 nitrogen and oxygen atoms in total. The number of carbonyl (C=O) groups excluding carboxylic acids is 2. The zero-order valence-corrected chi connectivity index (χ0v) is 17.3. The molecule has 3 aromatic rings. The summed E-state index contributed by atoms with van der Waals surface area (Å²) < 4.78 is 7.65. The monoisotopic (exact) mass is 393 g/mol. The number of nitrogens with zero attached hydrogens (tertiary/aromatic N) is 2. The van der Waals surface area contributed by atoms with E-state index < -0.39 is 0 Å². The van der Waals surface area contributed by atoms with E-state index >= 15 is 0 Å². The van der Waals surface area contributed by atoms with Gasteiger partial charge in [0, 0.05) is 37.6 Å². The summed E-state index contributed by atoms with van der Waals surface area (Å²) >= 11 is 0. The lowest BCUT2D eigenvalue weighted by molar-refractivity contribution is -0.130. The van der Waals surface area contributed by atoms with Crippen LogP contribution < -0.4 is 10.1 Å². The predicted molar refractivity (Wildman–Crippen MR) is 114 cm³/mol. The number of likely N-dealkylation sites (N-methyl/N-ethyl adjacent to an activating group) is 1. The fourth-order valence-electron chi connectivity index (χ4n) is 3.31. The van der Waals surface area contributed by atoms with E-state index in [-0.39, 0.29) is 24.5 Å². The molecule has 2 amide bonds. The summed E-state index contributed by atoms with van der Waals surface area (Å²) in [6, 6.07) is 17.1. The third-order valence-electron chi connectivity index (χ3n) is 5.04. The molecule has 6 heteroatoms. The first-order chi connectivity index (χ1) is 13.9. The summed E-state index contributed by atoms with van der Waals surface area (Å²) in [6.45, 7) is 1.96. The third-order valence-corrected chi connectivity index (χ3v) is 5.04. The topological polar surface area (TPSA) is 63.6 Å². The zero-order chi connectivity index (χ0) is 21.0. The van der Waals surface area contributed by atoms with Crippen molar-refractivity contribution in [1.82, 2.24) is 14.8 Å². The molecule has 0 bridgehead atoms. The molecule has 0 fully saturated rings. The Bertz CT molecular complexity index is 1020. The Hall–Kier alpha value is -3.28. The SMILES string of the molecule is CC[C@@H](NC(=O)c1cc2ccccc2n1C)c1ccccc1OCC(=O)N(C)C. The summed E-state index contributed by atoms with van der Waals surface area (Å²) in [6.07, 6.45) is 0.692. The number of fused-ring (bicyclic) bond motifs is 1. The van der Waals surface area contributed by atoms with Crippen molar-refractivity contribution in [2.45, 2.75) is 19.4 Å². The molecule has 0 saturated heterocycles. The summed E-state index contributed by atoms with van der Waals surface area (Å²) in [5.74, 6) is 0.342. The maximum atomic E-state index is 13.0. The van der Waals surface area contributed by atoms with E-state index in [4.69, 9.17) is 4.74 Å². The normalized spacial score (nSPS) is 11.9. The molecule has 0 saturated carbocycles. The molecule has 0 aliphatic rings. The Morgan fingerprint density at radius 2 is 1.79 bits per heavy atom. The Kier molecular flexibility index (Phi) is 6.22. The second-order valence-electron chi connectivity index (χ2n) is 7.20. The molecule has 0 aliphatic heterocycles. The van der Waals surface area contributed by atoms with Gasteiger partial charge in [-0.3, -0.25) is 9.59 Å². The number of nitrogens with one attached hydrogen (secondary N) is 1. The molecular formula is C23H27N3O3. The molecule has 2 aromatic carbocycles. The second kappa shape index (κ2) is 8.82. The van der Waals surface area contributed by atoms with Crippen LogP contribution in [0.1, 0.15) is 35.4 Å². The smallest absolute Gasteiger partial charge is 0.268 e. The van der Waals surface area contributed by atoms with Gasteiger partial charge in [-0.05, 0) is 24.6 Å². The molecule has 1 aromatic heterocycles. The van der Waals surface area contributed by atoms with Gasteiger partial charge in [-0.2, -0.15) is 0 Å². The molecule has 0 spiro atoms. The minimum atomic E-state index is -0.230. The van der Waals surface area contributed by atoms with E-state index in [1.54, 1.807) is 14.1 Å². The van der Waals surface area contributed by atoms with Crippen LogP contribution in [0.3, 0.4) is 0 Å². The van der Waals surface area contributed by atoms with E-state index in [1.165, 1.54) is 4.90 Å². The van der Waals surface area contributed by atoms with Crippen LogP contribution in [0.2, 0.25) is 0 Å². The fraction of sp³-hybridized carbons (Fsp3) is 0.304. The van der Waals surface area contributed by atoms with Gasteiger partial charge in [0.2, 0.25) is 0 Å². The first-order valence-electron chi connectivity index (χ1n) is 9.69. The highest BCUT2D eigenvalue weighted by Gasteiger charge is 2.20. The standard InChI is InChI=1S/C23H27N3O3/c1-5-18(17-11-7-9-13-21(17)29-15-22(27)25(2)3)24-23(28)20-14-16-10-6-8-12-19(16)26(20)4/h6-14,18H,5,15H2,1-4H3,(H,24,28)/t18-/m1/s1. The van der Waals surface area contributed by atoms with Gasteiger partial charge in [0.15, 0.2) is 6.61 Å². The van der Waals surface area contributed by atoms with Crippen LogP contribution in [0.25, 0.3) is 10.9 Å².